The van der Waals surface area contributed by atoms with Crippen molar-refractivity contribution < 1.29 is 37.1 Å². The summed E-state index contributed by atoms with van der Waals surface area (Å²) in [4.78, 5) is 12.0. The SMILES string of the molecule is O=c1cc(-c2ccccc2)oc2cc(O)c(O)c(O)c12.[Cr]. The number of phenolic OH excluding ortho intramolecular Hbond substituents is 3. The first-order valence-corrected chi connectivity index (χ1v) is 5.85. The summed E-state index contributed by atoms with van der Waals surface area (Å²) in [5.41, 5.74) is 0.195. The quantitative estimate of drug-likeness (QED) is 0.599. The van der Waals surface area contributed by atoms with E-state index >= 15 is 0 Å². The minimum Gasteiger partial charge on any atom is -0.504 e. The summed E-state index contributed by atoms with van der Waals surface area (Å²) in [6.45, 7) is 0. The molecule has 0 aliphatic carbocycles. The van der Waals surface area contributed by atoms with Crippen LogP contribution in [0.4, 0.5) is 0 Å². The van der Waals surface area contributed by atoms with Crippen molar-refractivity contribution in [1.82, 2.24) is 0 Å². The van der Waals surface area contributed by atoms with Crippen molar-refractivity contribution in [3.8, 4) is 28.6 Å². The van der Waals surface area contributed by atoms with Crippen LogP contribution in [0.15, 0.2) is 51.7 Å². The molecule has 3 rings (SSSR count). The molecular weight excluding hydrogens is 312 g/mol. The van der Waals surface area contributed by atoms with E-state index in [1.165, 1.54) is 6.07 Å². The number of phenols is 3. The van der Waals surface area contributed by atoms with Crippen molar-refractivity contribution in [2.75, 3.05) is 0 Å². The first kappa shape index (κ1) is 15.0. The minimum atomic E-state index is -0.739. The van der Waals surface area contributed by atoms with Crippen LogP contribution in [-0.4, -0.2) is 15.3 Å². The smallest absolute Gasteiger partial charge is 0.201 e. The molecule has 0 aliphatic heterocycles. The van der Waals surface area contributed by atoms with Crippen LogP contribution in [0.5, 0.6) is 17.2 Å². The Kier molecular flexibility index (Phi) is 3.94. The predicted molar refractivity (Wildman–Crippen MR) is 72.9 cm³/mol. The average molecular weight is 322 g/mol. The molecule has 0 saturated carbocycles. The van der Waals surface area contributed by atoms with Gasteiger partial charge in [-0.3, -0.25) is 4.79 Å². The summed E-state index contributed by atoms with van der Waals surface area (Å²) in [7, 11) is 0. The van der Waals surface area contributed by atoms with Gasteiger partial charge in [0, 0.05) is 35.1 Å². The van der Waals surface area contributed by atoms with Crippen LogP contribution in [0.25, 0.3) is 22.3 Å². The van der Waals surface area contributed by atoms with Crippen molar-refractivity contribution in [1.29, 1.82) is 0 Å². The van der Waals surface area contributed by atoms with E-state index in [1.54, 1.807) is 24.3 Å². The second kappa shape index (κ2) is 5.52. The molecule has 6 heteroatoms. The molecule has 0 amide bonds. The molecule has 2 aromatic carbocycles. The number of fused-ring (bicyclic) bond motifs is 1. The maximum absolute atomic E-state index is 12.0. The molecule has 0 fully saturated rings. The molecule has 0 saturated heterocycles. The van der Waals surface area contributed by atoms with Crippen LogP contribution in [-0.2, 0) is 17.4 Å². The molecule has 5 nitrogen and oxygen atoms in total. The largest absolute Gasteiger partial charge is 0.504 e. The van der Waals surface area contributed by atoms with Gasteiger partial charge < -0.3 is 19.7 Å². The molecule has 1 aromatic heterocycles. The van der Waals surface area contributed by atoms with Crippen molar-refractivity contribution in [2.45, 2.75) is 0 Å². The van der Waals surface area contributed by atoms with E-state index in [9.17, 15) is 20.1 Å². The third kappa shape index (κ3) is 2.47. The Labute approximate surface area is 129 Å². The Morgan fingerprint density at radius 1 is 0.905 bits per heavy atom. The fourth-order valence-corrected chi connectivity index (χ4v) is 2.02. The van der Waals surface area contributed by atoms with Gasteiger partial charge in [-0.1, -0.05) is 30.3 Å². The van der Waals surface area contributed by atoms with Gasteiger partial charge in [-0.05, 0) is 0 Å². The van der Waals surface area contributed by atoms with Crippen LogP contribution in [0.3, 0.4) is 0 Å². The maximum Gasteiger partial charge on any atom is 0.201 e. The standard InChI is InChI=1S/C15H10O5.Cr/c16-9-6-11(8-4-2-1-3-5-8)20-12-7-10(17)14(18)15(19)13(9)12;/h1-7,17-19H;. The van der Waals surface area contributed by atoms with Crippen molar-refractivity contribution >= 4 is 11.0 Å². The second-order valence-electron chi connectivity index (χ2n) is 4.31. The molecule has 0 atom stereocenters. The Morgan fingerprint density at radius 2 is 1.57 bits per heavy atom. The zero-order chi connectivity index (χ0) is 14.3. The summed E-state index contributed by atoms with van der Waals surface area (Å²) in [5.74, 6) is -1.67. The minimum absolute atomic E-state index is 0. The zero-order valence-electron chi connectivity index (χ0n) is 10.6. The normalized spacial score (nSPS) is 10.3. The topological polar surface area (TPSA) is 90.9 Å². The van der Waals surface area contributed by atoms with Gasteiger partial charge in [0.25, 0.3) is 0 Å². The Balaban J connectivity index is 0.00000161. The molecular formula is C15H10CrO5. The van der Waals surface area contributed by atoms with E-state index < -0.39 is 22.7 Å². The first-order valence-electron chi connectivity index (χ1n) is 5.85. The van der Waals surface area contributed by atoms with Crippen LogP contribution in [0.1, 0.15) is 0 Å². The van der Waals surface area contributed by atoms with Gasteiger partial charge in [-0.15, -0.1) is 0 Å². The Morgan fingerprint density at radius 3 is 2.24 bits per heavy atom. The number of hydrogen-bond donors (Lipinski definition) is 3. The van der Waals surface area contributed by atoms with Crippen molar-refractivity contribution in [3.63, 3.8) is 0 Å². The fourth-order valence-electron chi connectivity index (χ4n) is 2.02. The molecule has 0 bridgehead atoms. The zero-order valence-corrected chi connectivity index (χ0v) is 11.9. The molecule has 0 unspecified atom stereocenters. The van der Waals surface area contributed by atoms with Gasteiger partial charge >= 0.3 is 0 Å². The van der Waals surface area contributed by atoms with E-state index in [1.807, 2.05) is 6.07 Å². The van der Waals surface area contributed by atoms with Crippen molar-refractivity contribution in [2.24, 2.45) is 0 Å². The van der Waals surface area contributed by atoms with E-state index in [-0.39, 0.29) is 28.3 Å². The number of rotatable bonds is 1. The van der Waals surface area contributed by atoms with Gasteiger partial charge in [-0.25, -0.2) is 0 Å². The van der Waals surface area contributed by atoms with Crippen LogP contribution >= 0.6 is 0 Å². The van der Waals surface area contributed by atoms with Crippen LogP contribution in [0.2, 0.25) is 0 Å². The Bertz CT molecular complexity index is 855. The molecule has 106 valence electrons. The number of aromatic hydroxyl groups is 3. The molecule has 0 aliphatic rings. The van der Waals surface area contributed by atoms with Gasteiger partial charge in [0.2, 0.25) is 5.75 Å². The molecule has 1 heterocycles. The van der Waals surface area contributed by atoms with E-state index in [0.717, 1.165) is 6.07 Å². The molecule has 0 spiro atoms. The maximum atomic E-state index is 12.0. The fraction of sp³-hybridized carbons (Fsp3) is 0. The third-order valence-electron chi connectivity index (χ3n) is 3.00. The Hall–Kier alpha value is -2.42. The summed E-state index contributed by atoms with van der Waals surface area (Å²) in [6.07, 6.45) is 0. The summed E-state index contributed by atoms with van der Waals surface area (Å²) >= 11 is 0. The average Bonchev–Trinajstić information content (AvgIpc) is 2.45. The second-order valence-corrected chi connectivity index (χ2v) is 4.31. The van der Waals surface area contributed by atoms with Crippen LogP contribution < -0.4 is 5.43 Å². The third-order valence-corrected chi connectivity index (χ3v) is 3.00. The molecule has 3 N–H and O–H groups in total. The number of hydrogen-bond acceptors (Lipinski definition) is 5. The summed E-state index contributed by atoms with van der Waals surface area (Å²) in [5, 5.41) is 28.5. The van der Waals surface area contributed by atoms with E-state index in [2.05, 4.69) is 0 Å². The van der Waals surface area contributed by atoms with Gasteiger partial charge in [0.15, 0.2) is 16.9 Å². The van der Waals surface area contributed by atoms with Crippen LogP contribution in [0, 0.1) is 0 Å². The number of benzene rings is 2. The first-order chi connectivity index (χ1) is 9.58. The molecule has 21 heavy (non-hydrogen) atoms. The molecule has 0 radical (unpaired) electrons. The summed E-state index contributed by atoms with van der Waals surface area (Å²) < 4.78 is 5.51. The van der Waals surface area contributed by atoms with Gasteiger partial charge in [-0.2, -0.15) is 0 Å². The predicted octanol–water partition coefficient (Wildman–Crippen LogP) is 2.57. The van der Waals surface area contributed by atoms with Gasteiger partial charge in [0.05, 0.1) is 0 Å². The van der Waals surface area contributed by atoms with E-state index in [0.29, 0.717) is 11.3 Å². The van der Waals surface area contributed by atoms with Gasteiger partial charge in [0.1, 0.15) is 16.7 Å². The monoisotopic (exact) mass is 322 g/mol. The van der Waals surface area contributed by atoms with E-state index in [4.69, 9.17) is 4.42 Å². The summed E-state index contributed by atoms with van der Waals surface area (Å²) in [6, 6.07) is 11.3. The van der Waals surface area contributed by atoms with Crippen molar-refractivity contribution in [3.05, 3.63) is 52.7 Å². The molecule has 3 aromatic rings.